The molecule has 1 aromatic heterocycles. The standard InChI is InChI=1S/C18H21ClN4O2/c1-23(18(24)16-7-6-14(10-20)25-16)17(15-11-21-8-9-22-15)12-2-4-13(19)5-3-12/h2-5,8-9,11,14,16-17H,6-7,10,20H2,1H3/t14-,16+,17?/m1/s1. The van der Waals surface area contributed by atoms with Gasteiger partial charge in [0.25, 0.3) is 5.91 Å². The van der Waals surface area contributed by atoms with Gasteiger partial charge in [-0.15, -0.1) is 0 Å². The molecule has 2 N–H and O–H groups in total. The van der Waals surface area contributed by atoms with Crippen LogP contribution in [-0.4, -0.2) is 46.6 Å². The summed E-state index contributed by atoms with van der Waals surface area (Å²) in [6.45, 7) is 0.429. The molecule has 2 aromatic rings. The Morgan fingerprint density at radius 3 is 2.72 bits per heavy atom. The Kier molecular flexibility index (Phi) is 5.63. The minimum Gasteiger partial charge on any atom is -0.364 e. The van der Waals surface area contributed by atoms with E-state index in [0.29, 0.717) is 23.7 Å². The maximum atomic E-state index is 12.9. The molecule has 1 fully saturated rings. The first kappa shape index (κ1) is 17.8. The van der Waals surface area contributed by atoms with E-state index in [1.165, 1.54) is 0 Å². The topological polar surface area (TPSA) is 81.3 Å². The number of benzene rings is 1. The zero-order valence-corrected chi connectivity index (χ0v) is 14.8. The molecule has 1 amide bonds. The van der Waals surface area contributed by atoms with Crippen molar-refractivity contribution in [3.63, 3.8) is 0 Å². The summed E-state index contributed by atoms with van der Waals surface area (Å²) in [5.41, 5.74) is 7.25. The molecule has 0 aliphatic carbocycles. The number of rotatable bonds is 5. The lowest BCUT2D eigenvalue weighted by Gasteiger charge is -2.30. The number of nitrogens with two attached hydrogens (primary N) is 1. The first-order valence-electron chi connectivity index (χ1n) is 8.23. The molecule has 0 radical (unpaired) electrons. The second kappa shape index (κ2) is 7.91. The molecule has 1 unspecified atom stereocenters. The molecule has 1 aliphatic rings. The third-order valence-corrected chi connectivity index (χ3v) is 4.68. The van der Waals surface area contributed by atoms with Gasteiger partial charge in [0.05, 0.1) is 18.0 Å². The van der Waals surface area contributed by atoms with Crippen molar-refractivity contribution in [1.29, 1.82) is 0 Å². The van der Waals surface area contributed by atoms with Crippen LogP contribution in [0.15, 0.2) is 42.9 Å². The molecule has 25 heavy (non-hydrogen) atoms. The minimum absolute atomic E-state index is 0.0483. The van der Waals surface area contributed by atoms with Crippen molar-refractivity contribution in [2.24, 2.45) is 5.73 Å². The molecule has 7 heteroatoms. The summed E-state index contributed by atoms with van der Waals surface area (Å²) in [6, 6.07) is 7.02. The number of halogens is 1. The van der Waals surface area contributed by atoms with E-state index in [4.69, 9.17) is 22.1 Å². The molecule has 6 nitrogen and oxygen atoms in total. The van der Waals surface area contributed by atoms with Gasteiger partial charge in [0.15, 0.2) is 0 Å². The number of ether oxygens (including phenoxy) is 1. The Morgan fingerprint density at radius 2 is 2.12 bits per heavy atom. The van der Waals surface area contributed by atoms with Crippen LogP contribution in [0.2, 0.25) is 5.02 Å². The Bertz CT molecular complexity index is 711. The van der Waals surface area contributed by atoms with E-state index in [9.17, 15) is 4.79 Å². The molecule has 132 valence electrons. The maximum absolute atomic E-state index is 12.9. The fourth-order valence-electron chi connectivity index (χ4n) is 3.10. The van der Waals surface area contributed by atoms with Crippen molar-refractivity contribution < 1.29 is 9.53 Å². The number of nitrogens with zero attached hydrogens (tertiary/aromatic N) is 3. The van der Waals surface area contributed by atoms with E-state index >= 15 is 0 Å². The summed E-state index contributed by atoms with van der Waals surface area (Å²) in [7, 11) is 1.76. The van der Waals surface area contributed by atoms with Crippen LogP contribution in [0.1, 0.15) is 30.1 Å². The van der Waals surface area contributed by atoms with E-state index in [-0.39, 0.29) is 18.1 Å². The lowest BCUT2D eigenvalue weighted by atomic mass is 10.0. The molecule has 0 saturated carbocycles. The molecule has 0 spiro atoms. The Labute approximate surface area is 152 Å². The van der Waals surface area contributed by atoms with Gasteiger partial charge in [-0.25, -0.2) is 0 Å². The monoisotopic (exact) mass is 360 g/mol. The summed E-state index contributed by atoms with van der Waals surface area (Å²) >= 11 is 6.00. The Balaban J connectivity index is 1.88. The average Bonchev–Trinajstić information content (AvgIpc) is 3.13. The second-order valence-electron chi connectivity index (χ2n) is 6.09. The zero-order valence-electron chi connectivity index (χ0n) is 14.0. The fraction of sp³-hybridized carbons (Fsp3) is 0.389. The van der Waals surface area contributed by atoms with Crippen LogP contribution >= 0.6 is 11.6 Å². The first-order chi connectivity index (χ1) is 12.1. The normalized spacial score (nSPS) is 21.1. The smallest absolute Gasteiger partial charge is 0.252 e. The van der Waals surface area contributed by atoms with Crippen molar-refractivity contribution in [1.82, 2.24) is 14.9 Å². The van der Waals surface area contributed by atoms with Gasteiger partial charge in [-0.05, 0) is 30.5 Å². The third kappa shape index (κ3) is 3.98. The van der Waals surface area contributed by atoms with E-state index in [1.54, 1.807) is 42.7 Å². The predicted octanol–water partition coefficient (Wildman–Crippen LogP) is 2.18. The summed E-state index contributed by atoms with van der Waals surface area (Å²) < 4.78 is 5.76. The fourth-order valence-corrected chi connectivity index (χ4v) is 3.23. The predicted molar refractivity (Wildman–Crippen MR) is 95.0 cm³/mol. The van der Waals surface area contributed by atoms with Crippen molar-refractivity contribution >= 4 is 17.5 Å². The zero-order chi connectivity index (χ0) is 17.8. The van der Waals surface area contributed by atoms with Crippen molar-refractivity contribution in [3.8, 4) is 0 Å². The number of hydrogen-bond acceptors (Lipinski definition) is 5. The van der Waals surface area contributed by atoms with Crippen LogP contribution in [-0.2, 0) is 9.53 Å². The van der Waals surface area contributed by atoms with Gasteiger partial charge in [0.1, 0.15) is 12.1 Å². The molecule has 3 rings (SSSR count). The highest BCUT2D eigenvalue weighted by Gasteiger charge is 2.35. The molecular weight excluding hydrogens is 340 g/mol. The highest BCUT2D eigenvalue weighted by atomic mass is 35.5. The van der Waals surface area contributed by atoms with Crippen molar-refractivity contribution in [2.75, 3.05) is 13.6 Å². The van der Waals surface area contributed by atoms with Gasteiger partial charge >= 0.3 is 0 Å². The second-order valence-corrected chi connectivity index (χ2v) is 6.53. The molecule has 3 atom stereocenters. The number of carbonyl (C=O) groups is 1. The number of aromatic nitrogens is 2. The number of likely N-dealkylation sites (N-methyl/N-ethyl adjacent to an activating group) is 1. The average molecular weight is 361 g/mol. The van der Waals surface area contributed by atoms with Gasteiger partial charge in [0, 0.05) is 31.0 Å². The molecule has 0 bridgehead atoms. The van der Waals surface area contributed by atoms with Crippen LogP contribution in [0.4, 0.5) is 0 Å². The van der Waals surface area contributed by atoms with Gasteiger partial charge < -0.3 is 15.4 Å². The molecule has 1 saturated heterocycles. The Morgan fingerprint density at radius 1 is 1.36 bits per heavy atom. The molecule has 1 aliphatic heterocycles. The molecular formula is C18H21ClN4O2. The SMILES string of the molecule is CN(C(=O)[C@@H]1CC[C@H](CN)O1)C(c1ccc(Cl)cc1)c1cnccn1. The van der Waals surface area contributed by atoms with Gasteiger partial charge in [-0.1, -0.05) is 23.7 Å². The quantitative estimate of drug-likeness (QED) is 0.883. The Hall–Kier alpha value is -2.02. The van der Waals surface area contributed by atoms with Gasteiger partial charge in [-0.3, -0.25) is 14.8 Å². The molecule has 1 aromatic carbocycles. The summed E-state index contributed by atoms with van der Waals surface area (Å²) in [5.74, 6) is -0.0819. The van der Waals surface area contributed by atoms with Gasteiger partial charge in [0.2, 0.25) is 0 Å². The van der Waals surface area contributed by atoms with E-state index < -0.39 is 6.10 Å². The lowest BCUT2D eigenvalue weighted by molar-refractivity contribution is -0.143. The van der Waals surface area contributed by atoms with Crippen LogP contribution < -0.4 is 5.73 Å². The third-order valence-electron chi connectivity index (χ3n) is 4.43. The summed E-state index contributed by atoms with van der Waals surface area (Å²) in [4.78, 5) is 23.1. The number of amides is 1. The van der Waals surface area contributed by atoms with Gasteiger partial charge in [-0.2, -0.15) is 0 Å². The van der Waals surface area contributed by atoms with Crippen molar-refractivity contribution in [3.05, 3.63) is 59.1 Å². The first-order valence-corrected chi connectivity index (χ1v) is 8.61. The highest BCUT2D eigenvalue weighted by molar-refractivity contribution is 6.30. The van der Waals surface area contributed by atoms with E-state index in [0.717, 1.165) is 12.0 Å². The van der Waals surface area contributed by atoms with E-state index in [2.05, 4.69) is 9.97 Å². The highest BCUT2D eigenvalue weighted by Crippen LogP contribution is 2.29. The molecule has 2 heterocycles. The summed E-state index contributed by atoms with van der Waals surface area (Å²) in [5, 5.41) is 0.639. The lowest BCUT2D eigenvalue weighted by Crippen LogP contribution is -2.40. The van der Waals surface area contributed by atoms with Crippen LogP contribution in [0, 0.1) is 0 Å². The van der Waals surface area contributed by atoms with Crippen LogP contribution in [0.25, 0.3) is 0 Å². The maximum Gasteiger partial charge on any atom is 0.252 e. The summed E-state index contributed by atoms with van der Waals surface area (Å²) in [6.07, 6.45) is 5.86. The van der Waals surface area contributed by atoms with E-state index in [1.807, 2.05) is 12.1 Å². The number of carbonyl (C=O) groups excluding carboxylic acids is 1. The van der Waals surface area contributed by atoms with Crippen LogP contribution in [0.3, 0.4) is 0 Å². The minimum atomic E-state index is -0.468. The number of hydrogen-bond donors (Lipinski definition) is 1. The largest absolute Gasteiger partial charge is 0.364 e. The van der Waals surface area contributed by atoms with Crippen molar-refractivity contribution in [2.45, 2.75) is 31.1 Å². The van der Waals surface area contributed by atoms with Crippen LogP contribution in [0.5, 0.6) is 0 Å².